The number of hydrogen-bond acceptors (Lipinski definition) is 5. The number of aromatic nitrogens is 2. The van der Waals surface area contributed by atoms with Gasteiger partial charge in [0.25, 0.3) is 0 Å². The van der Waals surface area contributed by atoms with Crippen molar-refractivity contribution in [2.75, 3.05) is 19.6 Å². The number of hydrogen-bond donors (Lipinski definition) is 0. The van der Waals surface area contributed by atoms with E-state index in [-0.39, 0.29) is 11.8 Å². The van der Waals surface area contributed by atoms with E-state index in [0.717, 1.165) is 44.2 Å². The Morgan fingerprint density at radius 1 is 1.21 bits per heavy atom. The lowest BCUT2D eigenvalue weighted by Gasteiger charge is -2.40. The van der Waals surface area contributed by atoms with Crippen LogP contribution in [0.4, 0.5) is 0 Å². The minimum Gasteiger partial charge on any atom is -0.338 e. The molecule has 1 saturated carbocycles. The van der Waals surface area contributed by atoms with E-state index < -0.39 is 0 Å². The van der Waals surface area contributed by atoms with Gasteiger partial charge in [-0.25, -0.2) is 0 Å². The smallest absolute Gasteiger partial charge is 0.240 e. The first-order valence-electron chi connectivity index (χ1n) is 9.45. The Kier molecular flexibility index (Phi) is 4.33. The van der Waals surface area contributed by atoms with Crippen LogP contribution in [0.3, 0.4) is 0 Å². The molecule has 1 aromatic heterocycles. The molecule has 0 aromatic carbocycles. The lowest BCUT2D eigenvalue weighted by Crippen LogP contribution is -2.50. The van der Waals surface area contributed by atoms with Crippen molar-refractivity contribution in [1.82, 2.24) is 19.9 Å². The number of rotatable bonds is 5. The molecule has 132 valence electrons. The quantitative estimate of drug-likeness (QED) is 0.828. The Bertz CT molecular complexity index is 596. The molecule has 0 N–H and O–H groups in total. The third kappa shape index (κ3) is 3.08. The molecule has 6 nitrogen and oxygen atoms in total. The minimum atomic E-state index is 0.149. The summed E-state index contributed by atoms with van der Waals surface area (Å²) in [5, 5.41) is 4.06. The summed E-state index contributed by atoms with van der Waals surface area (Å²) in [7, 11) is 0. The number of amides is 1. The van der Waals surface area contributed by atoms with Crippen LogP contribution >= 0.6 is 0 Å². The first-order chi connectivity index (χ1) is 11.6. The summed E-state index contributed by atoms with van der Waals surface area (Å²) >= 11 is 0. The summed E-state index contributed by atoms with van der Waals surface area (Å²) in [4.78, 5) is 21.9. The largest absolute Gasteiger partial charge is 0.338 e. The van der Waals surface area contributed by atoms with Gasteiger partial charge in [0.05, 0.1) is 12.5 Å². The second-order valence-corrected chi connectivity index (χ2v) is 8.11. The van der Waals surface area contributed by atoms with E-state index in [2.05, 4.69) is 33.8 Å². The Balaban J connectivity index is 1.44. The van der Waals surface area contributed by atoms with Crippen LogP contribution < -0.4 is 0 Å². The van der Waals surface area contributed by atoms with Gasteiger partial charge in [0.1, 0.15) is 0 Å². The van der Waals surface area contributed by atoms with Gasteiger partial charge in [0.15, 0.2) is 5.82 Å². The molecule has 4 aliphatic rings. The predicted molar refractivity (Wildman–Crippen MR) is 89.2 cm³/mol. The van der Waals surface area contributed by atoms with Crippen molar-refractivity contribution in [3.63, 3.8) is 0 Å². The lowest BCUT2D eigenvalue weighted by molar-refractivity contribution is -0.141. The van der Waals surface area contributed by atoms with Gasteiger partial charge >= 0.3 is 0 Å². The van der Waals surface area contributed by atoms with E-state index in [9.17, 15) is 4.79 Å². The second kappa shape index (κ2) is 6.47. The van der Waals surface area contributed by atoms with Gasteiger partial charge in [-0.1, -0.05) is 25.4 Å². The maximum Gasteiger partial charge on any atom is 0.240 e. The Labute approximate surface area is 143 Å². The summed E-state index contributed by atoms with van der Waals surface area (Å²) in [6.45, 7) is 7.54. The minimum absolute atomic E-state index is 0.149. The van der Waals surface area contributed by atoms with Crippen molar-refractivity contribution in [3.05, 3.63) is 11.7 Å². The fourth-order valence-electron chi connectivity index (χ4n) is 4.21. The van der Waals surface area contributed by atoms with Crippen LogP contribution in [0, 0.1) is 11.8 Å². The molecule has 1 aliphatic carbocycles. The zero-order valence-corrected chi connectivity index (χ0v) is 14.8. The number of piperidine rings is 1. The Morgan fingerprint density at radius 3 is 2.71 bits per heavy atom. The first kappa shape index (κ1) is 16.1. The number of carbonyl (C=O) groups excluding carboxylic acids is 1. The first-order valence-corrected chi connectivity index (χ1v) is 9.45. The highest BCUT2D eigenvalue weighted by Crippen LogP contribution is 2.34. The van der Waals surface area contributed by atoms with Gasteiger partial charge in [-0.2, -0.15) is 4.98 Å². The van der Waals surface area contributed by atoms with Gasteiger partial charge in [-0.05, 0) is 31.6 Å². The van der Waals surface area contributed by atoms with E-state index in [4.69, 9.17) is 4.52 Å². The van der Waals surface area contributed by atoms with Crippen molar-refractivity contribution in [3.8, 4) is 0 Å². The van der Waals surface area contributed by atoms with Crippen LogP contribution in [-0.4, -0.2) is 51.5 Å². The van der Waals surface area contributed by atoms with Crippen LogP contribution in [0.25, 0.3) is 0 Å². The fourth-order valence-corrected chi connectivity index (χ4v) is 4.21. The average Bonchev–Trinajstić information content (AvgIpc) is 2.81. The topological polar surface area (TPSA) is 62.5 Å². The highest BCUT2D eigenvalue weighted by molar-refractivity contribution is 5.80. The molecule has 0 radical (unpaired) electrons. The molecule has 2 bridgehead atoms. The lowest BCUT2D eigenvalue weighted by atomic mass is 9.83. The van der Waals surface area contributed by atoms with Crippen molar-refractivity contribution < 1.29 is 9.32 Å². The maximum atomic E-state index is 12.8. The molecule has 2 atom stereocenters. The molecule has 4 fully saturated rings. The van der Waals surface area contributed by atoms with Crippen LogP contribution in [0.5, 0.6) is 0 Å². The van der Waals surface area contributed by atoms with Crippen LogP contribution in [-0.2, 0) is 11.3 Å². The standard InChI is InChI=1S/C18H28N4O2/c1-12(2)17-19-16(24-20-17)11-21-9-14-6-7-15(10-21)22(18(14)23)8-13-4-3-5-13/h12-15H,3-11H2,1-2H3/t14-,15+/m1/s1. The third-order valence-electron chi connectivity index (χ3n) is 5.91. The van der Waals surface area contributed by atoms with Crippen molar-refractivity contribution in [2.45, 2.75) is 64.5 Å². The van der Waals surface area contributed by atoms with E-state index in [1.54, 1.807) is 0 Å². The average molecular weight is 332 g/mol. The van der Waals surface area contributed by atoms with Crippen molar-refractivity contribution in [1.29, 1.82) is 0 Å². The highest BCUT2D eigenvalue weighted by Gasteiger charge is 2.41. The maximum absolute atomic E-state index is 12.8. The van der Waals surface area contributed by atoms with Gasteiger partial charge in [0, 0.05) is 31.6 Å². The zero-order chi connectivity index (χ0) is 16.7. The summed E-state index contributed by atoms with van der Waals surface area (Å²) in [6, 6.07) is 0.365. The number of fused-ring (bicyclic) bond motifs is 4. The molecule has 5 rings (SSSR count). The van der Waals surface area contributed by atoms with E-state index in [1.165, 1.54) is 19.3 Å². The Morgan fingerprint density at radius 2 is 2.04 bits per heavy atom. The Hall–Kier alpha value is -1.43. The van der Waals surface area contributed by atoms with E-state index in [0.29, 0.717) is 24.4 Å². The van der Waals surface area contributed by atoms with E-state index in [1.807, 2.05) is 0 Å². The molecule has 6 heteroatoms. The van der Waals surface area contributed by atoms with Gasteiger partial charge in [0.2, 0.25) is 11.8 Å². The SMILES string of the molecule is CC(C)c1noc(CN2C[C@H]3CC[C@@H](C2)N(CC2CCC2)C3=O)n1. The number of nitrogens with zero attached hydrogens (tertiary/aromatic N) is 4. The van der Waals surface area contributed by atoms with Gasteiger partial charge < -0.3 is 9.42 Å². The summed E-state index contributed by atoms with van der Waals surface area (Å²) in [5.41, 5.74) is 0. The van der Waals surface area contributed by atoms with Crippen molar-refractivity contribution >= 4 is 5.91 Å². The summed E-state index contributed by atoms with van der Waals surface area (Å²) in [5.74, 6) is 3.00. The molecule has 24 heavy (non-hydrogen) atoms. The second-order valence-electron chi connectivity index (χ2n) is 8.11. The normalized spacial score (nSPS) is 28.5. The van der Waals surface area contributed by atoms with Crippen LogP contribution in [0.15, 0.2) is 4.52 Å². The third-order valence-corrected chi connectivity index (χ3v) is 5.91. The van der Waals surface area contributed by atoms with E-state index >= 15 is 0 Å². The molecule has 1 aromatic rings. The summed E-state index contributed by atoms with van der Waals surface area (Å²) < 4.78 is 5.40. The molecule has 4 heterocycles. The predicted octanol–water partition coefficient (Wildman–Crippen LogP) is 2.42. The van der Waals surface area contributed by atoms with Crippen LogP contribution in [0.1, 0.15) is 63.6 Å². The molecular weight excluding hydrogens is 304 g/mol. The zero-order valence-electron chi connectivity index (χ0n) is 14.8. The van der Waals surface area contributed by atoms with Gasteiger partial charge in [-0.3, -0.25) is 9.69 Å². The fraction of sp³-hybridized carbons (Fsp3) is 0.833. The number of carbonyl (C=O) groups is 1. The highest BCUT2D eigenvalue weighted by atomic mass is 16.5. The van der Waals surface area contributed by atoms with Crippen LogP contribution in [0.2, 0.25) is 0 Å². The van der Waals surface area contributed by atoms with Gasteiger partial charge in [-0.15, -0.1) is 0 Å². The van der Waals surface area contributed by atoms with Crippen molar-refractivity contribution in [2.24, 2.45) is 11.8 Å². The molecule has 1 amide bonds. The molecule has 3 aliphatic heterocycles. The molecule has 0 spiro atoms. The molecular formula is C18H28N4O2. The molecule has 0 unspecified atom stereocenters. The monoisotopic (exact) mass is 332 g/mol. The molecule has 3 saturated heterocycles. The summed E-state index contributed by atoms with van der Waals surface area (Å²) in [6.07, 6.45) is 6.10.